The summed E-state index contributed by atoms with van der Waals surface area (Å²) in [5.41, 5.74) is 2.33. The molecule has 0 heterocycles. The minimum absolute atomic E-state index is 0.348. The van der Waals surface area contributed by atoms with Crippen molar-refractivity contribution in [2.45, 2.75) is 36.5 Å². The van der Waals surface area contributed by atoms with Gasteiger partial charge in [0.05, 0.1) is 9.79 Å². The van der Waals surface area contributed by atoms with Crippen molar-refractivity contribution in [3.05, 3.63) is 59.7 Å². The van der Waals surface area contributed by atoms with E-state index in [0.29, 0.717) is 9.79 Å². The van der Waals surface area contributed by atoms with Gasteiger partial charge in [-0.3, -0.25) is 0 Å². The summed E-state index contributed by atoms with van der Waals surface area (Å²) in [6.45, 7) is 4.13. The van der Waals surface area contributed by atoms with Crippen LogP contribution in [0.3, 0.4) is 0 Å². The van der Waals surface area contributed by atoms with Crippen molar-refractivity contribution in [3.63, 3.8) is 0 Å². The fourth-order valence-electron chi connectivity index (χ4n) is 2.18. The fraction of sp³-hybridized carbons (Fsp3) is 0.250. The Morgan fingerprint density at radius 3 is 2.00 bits per heavy atom. The normalized spacial score (nSPS) is 11.5. The van der Waals surface area contributed by atoms with Gasteiger partial charge in [-0.2, -0.15) is 0 Å². The molecule has 0 atom stereocenters. The molecule has 0 radical (unpaired) electrons. The van der Waals surface area contributed by atoms with Gasteiger partial charge in [0.15, 0.2) is 0 Å². The Kier molecular flexibility index (Phi) is 4.05. The molecule has 19 heavy (non-hydrogen) atoms. The highest BCUT2D eigenvalue weighted by atomic mass is 32.2. The molecule has 0 bridgehead atoms. The van der Waals surface area contributed by atoms with Crippen LogP contribution in [0.5, 0.6) is 0 Å². The van der Waals surface area contributed by atoms with Gasteiger partial charge in [0, 0.05) is 0 Å². The highest BCUT2D eigenvalue weighted by Gasteiger charge is 2.17. The molecule has 0 unspecified atom stereocenters. The van der Waals surface area contributed by atoms with Crippen molar-refractivity contribution in [1.29, 1.82) is 0 Å². The summed E-state index contributed by atoms with van der Waals surface area (Å²) in [6, 6.07) is 14.0. The number of benzene rings is 2. The molecule has 0 aromatic heterocycles. The van der Waals surface area contributed by atoms with Gasteiger partial charge in [-0.1, -0.05) is 38.1 Å². The van der Waals surface area contributed by atoms with Crippen molar-refractivity contribution < 1.29 is 8.42 Å². The van der Waals surface area contributed by atoms with Crippen LogP contribution in [-0.4, -0.2) is 8.42 Å². The largest absolute Gasteiger partial charge is 0.219 e. The van der Waals surface area contributed by atoms with E-state index in [1.54, 1.807) is 36.4 Å². The van der Waals surface area contributed by atoms with Crippen molar-refractivity contribution in [3.8, 4) is 0 Å². The van der Waals surface area contributed by atoms with Gasteiger partial charge < -0.3 is 0 Å². The topological polar surface area (TPSA) is 34.1 Å². The van der Waals surface area contributed by atoms with Gasteiger partial charge in [0.1, 0.15) is 0 Å². The van der Waals surface area contributed by atoms with E-state index >= 15 is 0 Å². The van der Waals surface area contributed by atoms with Crippen LogP contribution in [0.4, 0.5) is 0 Å². The van der Waals surface area contributed by atoms with Gasteiger partial charge in [-0.25, -0.2) is 8.42 Å². The van der Waals surface area contributed by atoms with E-state index in [-0.39, 0.29) is 0 Å². The zero-order valence-corrected chi connectivity index (χ0v) is 12.1. The molecule has 2 rings (SSSR count). The maximum absolute atomic E-state index is 12.5. The minimum atomic E-state index is -3.40. The molecule has 2 aromatic carbocycles. The summed E-state index contributed by atoms with van der Waals surface area (Å²) in [7, 11) is -3.40. The molecule has 0 aliphatic heterocycles. The second-order valence-electron chi connectivity index (χ2n) is 4.45. The van der Waals surface area contributed by atoms with Gasteiger partial charge in [0.25, 0.3) is 0 Å². The molecular formula is C16H18O2S. The number of rotatable bonds is 4. The van der Waals surface area contributed by atoms with Crippen molar-refractivity contribution in [2.24, 2.45) is 0 Å². The molecule has 0 aliphatic rings. The van der Waals surface area contributed by atoms with Crippen LogP contribution in [0.2, 0.25) is 0 Å². The predicted molar refractivity (Wildman–Crippen MR) is 77.1 cm³/mol. The summed E-state index contributed by atoms with van der Waals surface area (Å²) in [5, 5.41) is 0. The number of hydrogen-bond acceptors (Lipinski definition) is 2. The SMILES string of the molecule is CCc1ccc(S(=O)(=O)c2ccccc2)cc1CC. The first-order chi connectivity index (χ1) is 9.09. The van der Waals surface area contributed by atoms with E-state index in [2.05, 4.69) is 6.92 Å². The lowest BCUT2D eigenvalue weighted by Crippen LogP contribution is -2.03. The third-order valence-electron chi connectivity index (χ3n) is 3.30. The van der Waals surface area contributed by atoms with Crippen LogP contribution in [0.25, 0.3) is 0 Å². The van der Waals surface area contributed by atoms with E-state index in [0.717, 1.165) is 18.4 Å². The Morgan fingerprint density at radius 2 is 1.42 bits per heavy atom. The van der Waals surface area contributed by atoms with Gasteiger partial charge >= 0.3 is 0 Å². The summed E-state index contributed by atoms with van der Waals surface area (Å²) < 4.78 is 25.0. The molecule has 0 aliphatic carbocycles. The van der Waals surface area contributed by atoms with Gasteiger partial charge in [-0.05, 0) is 48.2 Å². The van der Waals surface area contributed by atoms with Gasteiger partial charge in [-0.15, -0.1) is 0 Å². The summed E-state index contributed by atoms with van der Waals surface area (Å²) in [6.07, 6.45) is 1.77. The van der Waals surface area contributed by atoms with E-state index in [9.17, 15) is 8.42 Å². The molecule has 0 saturated carbocycles. The highest BCUT2D eigenvalue weighted by molar-refractivity contribution is 7.91. The highest BCUT2D eigenvalue weighted by Crippen LogP contribution is 2.23. The van der Waals surface area contributed by atoms with Crippen LogP contribution >= 0.6 is 0 Å². The second kappa shape index (κ2) is 5.57. The number of sulfone groups is 1. The lowest BCUT2D eigenvalue weighted by atomic mass is 10.0. The standard InChI is InChI=1S/C16H18O2S/c1-3-13-10-11-16(12-14(13)4-2)19(17,18)15-8-6-5-7-9-15/h5-12H,3-4H2,1-2H3. The van der Waals surface area contributed by atoms with E-state index < -0.39 is 9.84 Å². The summed E-state index contributed by atoms with van der Waals surface area (Å²) in [4.78, 5) is 0.731. The zero-order chi connectivity index (χ0) is 13.9. The lowest BCUT2D eigenvalue weighted by molar-refractivity contribution is 0.596. The Labute approximate surface area is 115 Å². The summed E-state index contributed by atoms with van der Waals surface area (Å²) in [5.74, 6) is 0. The average Bonchev–Trinajstić information content (AvgIpc) is 2.47. The molecule has 2 nitrogen and oxygen atoms in total. The maximum Gasteiger partial charge on any atom is 0.206 e. The molecule has 0 spiro atoms. The maximum atomic E-state index is 12.5. The predicted octanol–water partition coefficient (Wildman–Crippen LogP) is 3.64. The lowest BCUT2D eigenvalue weighted by Gasteiger charge is -2.10. The molecule has 0 amide bonds. The molecule has 0 N–H and O–H groups in total. The minimum Gasteiger partial charge on any atom is -0.219 e. The van der Waals surface area contributed by atoms with Crippen LogP contribution in [0.1, 0.15) is 25.0 Å². The van der Waals surface area contributed by atoms with Crippen molar-refractivity contribution in [1.82, 2.24) is 0 Å². The Balaban J connectivity index is 2.53. The molecule has 0 saturated heterocycles. The first kappa shape index (κ1) is 13.8. The third-order valence-corrected chi connectivity index (χ3v) is 5.07. The van der Waals surface area contributed by atoms with E-state index in [1.165, 1.54) is 5.56 Å². The van der Waals surface area contributed by atoms with Crippen molar-refractivity contribution in [2.75, 3.05) is 0 Å². The van der Waals surface area contributed by atoms with Crippen molar-refractivity contribution >= 4 is 9.84 Å². The van der Waals surface area contributed by atoms with Gasteiger partial charge in [0.2, 0.25) is 9.84 Å². The Hall–Kier alpha value is -1.61. The molecule has 0 fully saturated rings. The monoisotopic (exact) mass is 274 g/mol. The first-order valence-corrected chi connectivity index (χ1v) is 7.99. The number of aryl methyl sites for hydroxylation is 2. The van der Waals surface area contributed by atoms with Crippen LogP contribution in [-0.2, 0) is 22.7 Å². The zero-order valence-electron chi connectivity index (χ0n) is 11.3. The smallest absolute Gasteiger partial charge is 0.206 e. The van der Waals surface area contributed by atoms with Crippen LogP contribution in [0, 0.1) is 0 Å². The molecule has 2 aromatic rings. The van der Waals surface area contributed by atoms with Crippen LogP contribution < -0.4 is 0 Å². The Bertz CT molecular complexity index is 658. The second-order valence-corrected chi connectivity index (χ2v) is 6.40. The average molecular weight is 274 g/mol. The summed E-state index contributed by atoms with van der Waals surface area (Å²) >= 11 is 0. The Morgan fingerprint density at radius 1 is 0.789 bits per heavy atom. The van der Waals surface area contributed by atoms with Crippen LogP contribution in [0.15, 0.2) is 58.3 Å². The molecule has 3 heteroatoms. The number of hydrogen-bond donors (Lipinski definition) is 0. The first-order valence-electron chi connectivity index (χ1n) is 6.51. The van der Waals surface area contributed by atoms with E-state index in [4.69, 9.17) is 0 Å². The molecule has 100 valence electrons. The third kappa shape index (κ3) is 2.71. The van der Waals surface area contributed by atoms with E-state index in [1.807, 2.05) is 19.1 Å². The quantitative estimate of drug-likeness (QED) is 0.853. The molecular weight excluding hydrogens is 256 g/mol. The fourth-order valence-corrected chi connectivity index (χ4v) is 3.51.